The zero-order valence-electron chi connectivity index (χ0n) is 9.66. The molecule has 0 unspecified atom stereocenters. The van der Waals surface area contributed by atoms with Crippen LogP contribution >= 0.6 is 0 Å². The zero-order chi connectivity index (χ0) is 12.1. The van der Waals surface area contributed by atoms with Crippen molar-refractivity contribution in [1.82, 2.24) is 15.3 Å². The van der Waals surface area contributed by atoms with E-state index in [1.54, 1.807) is 6.20 Å². The molecule has 0 bridgehead atoms. The number of amides is 1. The van der Waals surface area contributed by atoms with Crippen LogP contribution in [0.15, 0.2) is 30.5 Å². The molecule has 0 atom stereocenters. The number of carbonyl (C=O) groups is 1. The Morgan fingerprint density at radius 1 is 1.47 bits per heavy atom. The van der Waals surface area contributed by atoms with Gasteiger partial charge in [-0.05, 0) is 12.5 Å². The van der Waals surface area contributed by atoms with Crippen molar-refractivity contribution in [2.24, 2.45) is 0 Å². The molecule has 0 saturated heterocycles. The van der Waals surface area contributed by atoms with Gasteiger partial charge in [-0.2, -0.15) is 0 Å². The third-order valence-electron chi connectivity index (χ3n) is 2.34. The lowest BCUT2D eigenvalue weighted by Crippen LogP contribution is -2.24. The van der Waals surface area contributed by atoms with Crippen LogP contribution in [0.5, 0.6) is 0 Å². The molecule has 0 spiro atoms. The Balaban J connectivity index is 2.14. The van der Waals surface area contributed by atoms with Crippen LogP contribution in [0.2, 0.25) is 0 Å². The second kappa shape index (κ2) is 5.30. The summed E-state index contributed by atoms with van der Waals surface area (Å²) in [5.74, 6) is 0.553. The van der Waals surface area contributed by atoms with Gasteiger partial charge in [0.2, 0.25) is 0 Å². The van der Waals surface area contributed by atoms with Crippen molar-refractivity contribution in [3.05, 3.63) is 42.2 Å². The average Bonchev–Trinajstić information content (AvgIpc) is 2.86. The number of carbonyl (C=O) groups excluding carboxylic acids is 1. The third kappa shape index (κ3) is 2.72. The summed E-state index contributed by atoms with van der Waals surface area (Å²) < 4.78 is 0. The minimum atomic E-state index is -0.142. The van der Waals surface area contributed by atoms with Crippen molar-refractivity contribution in [2.45, 2.75) is 13.3 Å². The summed E-state index contributed by atoms with van der Waals surface area (Å²) in [4.78, 5) is 18.9. The highest BCUT2D eigenvalue weighted by Crippen LogP contribution is 2.14. The molecule has 4 nitrogen and oxygen atoms in total. The fraction of sp³-hybridized carbons (Fsp3) is 0.231. The van der Waals surface area contributed by atoms with Crippen molar-refractivity contribution in [2.75, 3.05) is 6.54 Å². The number of benzene rings is 1. The second-order valence-electron chi connectivity index (χ2n) is 3.68. The zero-order valence-corrected chi connectivity index (χ0v) is 9.66. The van der Waals surface area contributed by atoms with Gasteiger partial charge in [-0.1, -0.05) is 31.2 Å². The maximum absolute atomic E-state index is 11.6. The maximum atomic E-state index is 11.6. The number of H-pyrrole nitrogens is 1. The average molecular weight is 228 g/mol. The Morgan fingerprint density at radius 3 is 2.94 bits per heavy atom. The molecule has 4 heteroatoms. The summed E-state index contributed by atoms with van der Waals surface area (Å²) in [5, 5.41) is 2.79. The molecular formula is C13H14N3O. The van der Waals surface area contributed by atoms with E-state index in [0.29, 0.717) is 18.1 Å². The molecule has 1 amide bonds. The van der Waals surface area contributed by atoms with Crippen molar-refractivity contribution < 1.29 is 4.79 Å². The number of nitrogens with zero attached hydrogens (tertiary/aromatic N) is 1. The van der Waals surface area contributed by atoms with Gasteiger partial charge in [0.05, 0.1) is 0 Å². The summed E-state index contributed by atoms with van der Waals surface area (Å²) in [6, 6.07) is 10.4. The van der Waals surface area contributed by atoms with Crippen LogP contribution < -0.4 is 5.32 Å². The summed E-state index contributed by atoms with van der Waals surface area (Å²) in [7, 11) is 0. The lowest BCUT2D eigenvalue weighted by molar-refractivity contribution is 0.0949. The normalized spacial score (nSPS) is 10.2. The Bertz CT molecular complexity index is 490. The van der Waals surface area contributed by atoms with E-state index in [1.807, 2.05) is 31.2 Å². The molecule has 1 aromatic heterocycles. The van der Waals surface area contributed by atoms with E-state index < -0.39 is 0 Å². The molecule has 2 rings (SSSR count). The van der Waals surface area contributed by atoms with Crippen LogP contribution in [-0.4, -0.2) is 22.4 Å². The number of rotatable bonds is 4. The Labute approximate surface area is 100 Å². The van der Waals surface area contributed by atoms with E-state index in [-0.39, 0.29) is 5.91 Å². The van der Waals surface area contributed by atoms with Gasteiger partial charge in [-0.15, -0.1) is 0 Å². The first-order chi connectivity index (χ1) is 8.31. The smallest absolute Gasteiger partial charge is 0.271 e. The van der Waals surface area contributed by atoms with Gasteiger partial charge >= 0.3 is 0 Å². The maximum Gasteiger partial charge on any atom is 0.271 e. The first-order valence-electron chi connectivity index (χ1n) is 5.61. The van der Waals surface area contributed by atoms with E-state index in [2.05, 4.69) is 21.4 Å². The number of nitrogens with one attached hydrogen (secondary N) is 2. The summed E-state index contributed by atoms with van der Waals surface area (Å²) in [6.07, 6.45) is 2.54. The monoisotopic (exact) mass is 228 g/mol. The minimum absolute atomic E-state index is 0.142. The third-order valence-corrected chi connectivity index (χ3v) is 2.34. The van der Waals surface area contributed by atoms with Gasteiger partial charge < -0.3 is 10.3 Å². The number of hydrogen-bond acceptors (Lipinski definition) is 2. The highest BCUT2D eigenvalue weighted by molar-refractivity contribution is 5.92. The largest absolute Gasteiger partial charge is 0.351 e. The predicted molar refractivity (Wildman–Crippen MR) is 65.5 cm³/mol. The molecule has 2 N–H and O–H groups in total. The van der Waals surface area contributed by atoms with Crippen LogP contribution in [-0.2, 0) is 0 Å². The van der Waals surface area contributed by atoms with Gasteiger partial charge in [0.1, 0.15) is 11.5 Å². The topological polar surface area (TPSA) is 57.8 Å². The number of imidazole rings is 1. The Morgan fingerprint density at radius 2 is 2.24 bits per heavy atom. The van der Waals surface area contributed by atoms with Crippen LogP contribution in [0.25, 0.3) is 11.4 Å². The van der Waals surface area contributed by atoms with E-state index in [0.717, 1.165) is 12.0 Å². The van der Waals surface area contributed by atoms with E-state index in [1.165, 1.54) is 0 Å². The van der Waals surface area contributed by atoms with Gasteiger partial charge in [-0.3, -0.25) is 4.79 Å². The Kier molecular flexibility index (Phi) is 3.55. The molecular weight excluding hydrogens is 214 g/mol. The van der Waals surface area contributed by atoms with Crippen molar-refractivity contribution in [3.8, 4) is 11.4 Å². The molecule has 0 fully saturated rings. The van der Waals surface area contributed by atoms with Gasteiger partial charge in [0, 0.05) is 18.3 Å². The minimum Gasteiger partial charge on any atom is -0.351 e. The molecule has 0 aliphatic rings. The molecule has 2 aromatic rings. The molecule has 0 aliphatic carbocycles. The molecule has 1 heterocycles. The van der Waals surface area contributed by atoms with Gasteiger partial charge in [0.25, 0.3) is 5.91 Å². The van der Waals surface area contributed by atoms with E-state index >= 15 is 0 Å². The first-order valence-corrected chi connectivity index (χ1v) is 5.61. The quantitative estimate of drug-likeness (QED) is 0.841. The van der Waals surface area contributed by atoms with Crippen LogP contribution in [0.4, 0.5) is 0 Å². The lowest BCUT2D eigenvalue weighted by atomic mass is 10.2. The molecule has 87 valence electrons. The van der Waals surface area contributed by atoms with E-state index in [4.69, 9.17) is 0 Å². The predicted octanol–water partition coefficient (Wildman–Crippen LogP) is 2.02. The van der Waals surface area contributed by atoms with Crippen LogP contribution in [0.3, 0.4) is 0 Å². The fourth-order valence-corrected chi connectivity index (χ4v) is 1.46. The molecule has 0 saturated carbocycles. The summed E-state index contributed by atoms with van der Waals surface area (Å²) >= 11 is 0. The van der Waals surface area contributed by atoms with Crippen molar-refractivity contribution in [1.29, 1.82) is 0 Å². The van der Waals surface area contributed by atoms with Crippen LogP contribution in [0.1, 0.15) is 23.8 Å². The lowest BCUT2D eigenvalue weighted by Gasteiger charge is -1.98. The van der Waals surface area contributed by atoms with Crippen molar-refractivity contribution >= 4 is 5.91 Å². The van der Waals surface area contributed by atoms with Crippen LogP contribution in [0, 0.1) is 6.07 Å². The SMILES string of the molecule is CCCNC(=O)c1c[nH]c(-c2cc[c]cc2)n1. The highest BCUT2D eigenvalue weighted by Gasteiger charge is 2.09. The first kappa shape index (κ1) is 11.4. The van der Waals surface area contributed by atoms with Gasteiger partial charge in [0.15, 0.2) is 0 Å². The second-order valence-corrected chi connectivity index (χ2v) is 3.68. The molecule has 0 aliphatic heterocycles. The summed E-state index contributed by atoms with van der Waals surface area (Å²) in [6.45, 7) is 2.68. The molecule has 1 aromatic carbocycles. The fourth-order valence-electron chi connectivity index (χ4n) is 1.46. The highest BCUT2D eigenvalue weighted by atomic mass is 16.1. The molecule has 17 heavy (non-hydrogen) atoms. The van der Waals surface area contributed by atoms with Gasteiger partial charge in [-0.25, -0.2) is 4.98 Å². The number of aromatic nitrogens is 2. The Hall–Kier alpha value is -2.10. The standard InChI is InChI=1S/C13H14N3O/c1-2-8-14-13(17)11-9-15-12(16-11)10-6-4-3-5-7-10/h4-7,9H,2,8H2,1H3,(H,14,17)(H,15,16). The summed E-state index contributed by atoms with van der Waals surface area (Å²) in [5.41, 5.74) is 1.36. The number of aromatic amines is 1. The number of hydrogen-bond donors (Lipinski definition) is 2. The van der Waals surface area contributed by atoms with E-state index in [9.17, 15) is 4.79 Å². The van der Waals surface area contributed by atoms with Crippen molar-refractivity contribution in [3.63, 3.8) is 0 Å². The molecule has 1 radical (unpaired) electrons.